The molecule has 5 heteroatoms. The summed E-state index contributed by atoms with van der Waals surface area (Å²) in [6, 6.07) is 4.76. The first-order valence-corrected chi connectivity index (χ1v) is 7.62. The first-order chi connectivity index (χ1) is 9.79. The van der Waals surface area contributed by atoms with Gasteiger partial charge in [0.05, 0.1) is 6.61 Å². The number of halogens is 2. The van der Waals surface area contributed by atoms with Crippen LogP contribution in [-0.4, -0.2) is 26.2 Å². The third-order valence-corrected chi connectivity index (χ3v) is 3.69. The monoisotopic (exact) mass is 316 g/mol. The first kappa shape index (κ1) is 18.2. The van der Waals surface area contributed by atoms with Crippen molar-refractivity contribution in [1.29, 1.82) is 0 Å². The maximum absolute atomic E-state index is 13.4. The predicted octanol–water partition coefficient (Wildman–Crippen LogP) is 3.13. The van der Waals surface area contributed by atoms with Gasteiger partial charge in [0.15, 0.2) is 0 Å². The number of nitrogens with one attached hydrogen (secondary N) is 2. The Labute approximate surface area is 133 Å². The second kappa shape index (κ2) is 9.98. The fourth-order valence-corrected chi connectivity index (χ4v) is 2.54. The Kier molecular flexibility index (Phi) is 8.66. The van der Waals surface area contributed by atoms with Crippen molar-refractivity contribution in [3.63, 3.8) is 0 Å². The zero-order valence-corrected chi connectivity index (χ0v) is 13.5. The summed E-state index contributed by atoms with van der Waals surface area (Å²) in [5, 5.41) is 6.81. The lowest BCUT2D eigenvalue weighted by molar-refractivity contribution is 0.311. The summed E-state index contributed by atoms with van der Waals surface area (Å²) >= 11 is 0. The summed E-state index contributed by atoms with van der Waals surface area (Å²) in [5.41, 5.74) is 0.910. The third kappa shape index (κ3) is 6.20. The molecular weight excluding hydrogens is 291 g/mol. The lowest BCUT2D eigenvalue weighted by atomic mass is 9.98. The van der Waals surface area contributed by atoms with Crippen molar-refractivity contribution in [3.8, 4) is 5.75 Å². The molecule has 21 heavy (non-hydrogen) atoms. The molecule has 1 aliphatic rings. The van der Waals surface area contributed by atoms with Crippen LogP contribution in [0.2, 0.25) is 0 Å². The molecule has 0 bridgehead atoms. The highest BCUT2D eigenvalue weighted by atomic mass is 35.5. The van der Waals surface area contributed by atoms with E-state index >= 15 is 0 Å². The highest BCUT2D eigenvalue weighted by Gasteiger charge is 2.13. The Morgan fingerprint density at radius 3 is 2.81 bits per heavy atom. The lowest BCUT2D eigenvalue weighted by Gasteiger charge is -2.23. The molecule has 0 amide bonds. The Hall–Kier alpha value is -0.840. The number of benzene rings is 1. The zero-order valence-electron chi connectivity index (χ0n) is 12.7. The number of ether oxygens (including phenoxy) is 1. The third-order valence-electron chi connectivity index (χ3n) is 3.69. The van der Waals surface area contributed by atoms with Crippen molar-refractivity contribution in [2.24, 2.45) is 5.92 Å². The normalized spacial score (nSPS) is 15.5. The molecule has 2 N–H and O–H groups in total. The molecule has 1 fully saturated rings. The molecule has 1 aromatic carbocycles. The van der Waals surface area contributed by atoms with Gasteiger partial charge in [0.1, 0.15) is 11.6 Å². The molecule has 1 aliphatic heterocycles. The molecule has 0 aromatic heterocycles. The average Bonchev–Trinajstić information content (AvgIpc) is 2.47. The van der Waals surface area contributed by atoms with E-state index in [4.69, 9.17) is 4.74 Å². The fraction of sp³-hybridized carbons (Fsp3) is 0.625. The van der Waals surface area contributed by atoms with Gasteiger partial charge in [-0.05, 0) is 63.0 Å². The minimum Gasteiger partial charge on any atom is -0.493 e. The van der Waals surface area contributed by atoms with Crippen molar-refractivity contribution >= 4 is 12.4 Å². The van der Waals surface area contributed by atoms with E-state index in [9.17, 15) is 4.39 Å². The number of hydrogen-bond donors (Lipinski definition) is 2. The van der Waals surface area contributed by atoms with Gasteiger partial charge in [-0.3, -0.25) is 0 Å². The minimum absolute atomic E-state index is 0. The molecule has 0 aliphatic carbocycles. The van der Waals surface area contributed by atoms with Gasteiger partial charge in [0.2, 0.25) is 0 Å². The van der Waals surface area contributed by atoms with Crippen LogP contribution < -0.4 is 15.4 Å². The molecule has 0 saturated carbocycles. The van der Waals surface area contributed by atoms with Crippen LogP contribution in [-0.2, 0) is 6.54 Å². The molecular formula is C16H26ClFN2O. The maximum atomic E-state index is 13.4. The SMILES string of the molecule is CCCOc1ccc(F)cc1CNCC1CCNCC1.Cl. The van der Waals surface area contributed by atoms with E-state index in [1.165, 1.54) is 18.9 Å². The van der Waals surface area contributed by atoms with Crippen molar-refractivity contribution in [1.82, 2.24) is 10.6 Å². The van der Waals surface area contributed by atoms with E-state index < -0.39 is 0 Å². The van der Waals surface area contributed by atoms with Gasteiger partial charge in [-0.1, -0.05) is 6.92 Å². The van der Waals surface area contributed by atoms with Crippen LogP contribution in [0.15, 0.2) is 18.2 Å². The van der Waals surface area contributed by atoms with E-state index in [-0.39, 0.29) is 18.2 Å². The molecule has 0 unspecified atom stereocenters. The van der Waals surface area contributed by atoms with Gasteiger partial charge in [0, 0.05) is 12.1 Å². The van der Waals surface area contributed by atoms with Gasteiger partial charge in [-0.2, -0.15) is 0 Å². The molecule has 0 radical (unpaired) electrons. The van der Waals surface area contributed by atoms with E-state index in [2.05, 4.69) is 17.6 Å². The van der Waals surface area contributed by atoms with Gasteiger partial charge in [-0.25, -0.2) is 4.39 Å². The van der Waals surface area contributed by atoms with Crippen molar-refractivity contribution < 1.29 is 9.13 Å². The zero-order chi connectivity index (χ0) is 14.2. The molecule has 1 aromatic rings. The van der Waals surface area contributed by atoms with Crippen LogP contribution in [0.1, 0.15) is 31.7 Å². The quantitative estimate of drug-likeness (QED) is 0.811. The minimum atomic E-state index is -0.201. The number of hydrogen-bond acceptors (Lipinski definition) is 3. The van der Waals surface area contributed by atoms with Gasteiger partial charge in [-0.15, -0.1) is 12.4 Å². The smallest absolute Gasteiger partial charge is 0.123 e. The molecule has 1 saturated heterocycles. The van der Waals surface area contributed by atoms with Crippen molar-refractivity contribution in [2.75, 3.05) is 26.2 Å². The molecule has 0 spiro atoms. The summed E-state index contributed by atoms with van der Waals surface area (Å²) in [6.07, 6.45) is 3.39. The summed E-state index contributed by atoms with van der Waals surface area (Å²) in [6.45, 7) is 6.62. The largest absolute Gasteiger partial charge is 0.493 e. The lowest BCUT2D eigenvalue weighted by Crippen LogP contribution is -2.33. The highest BCUT2D eigenvalue weighted by Crippen LogP contribution is 2.20. The standard InChI is InChI=1S/C16H25FN2O.ClH/c1-2-9-20-16-4-3-15(17)10-14(16)12-19-11-13-5-7-18-8-6-13;/h3-4,10,13,18-19H,2,5-9,11-12H2,1H3;1H. The average molecular weight is 317 g/mol. The van der Waals surface area contributed by atoms with E-state index in [1.807, 2.05) is 0 Å². The first-order valence-electron chi connectivity index (χ1n) is 7.62. The van der Waals surface area contributed by atoms with E-state index in [0.29, 0.717) is 13.2 Å². The van der Waals surface area contributed by atoms with E-state index in [1.54, 1.807) is 12.1 Å². The second-order valence-corrected chi connectivity index (χ2v) is 5.42. The fourth-order valence-electron chi connectivity index (χ4n) is 2.54. The van der Waals surface area contributed by atoms with Crippen molar-refractivity contribution in [3.05, 3.63) is 29.6 Å². The summed E-state index contributed by atoms with van der Waals surface area (Å²) < 4.78 is 19.0. The van der Waals surface area contributed by atoms with Crippen molar-refractivity contribution in [2.45, 2.75) is 32.7 Å². The van der Waals surface area contributed by atoms with Crippen LogP contribution >= 0.6 is 12.4 Å². The van der Waals surface area contributed by atoms with Gasteiger partial charge < -0.3 is 15.4 Å². The maximum Gasteiger partial charge on any atom is 0.123 e. The highest BCUT2D eigenvalue weighted by molar-refractivity contribution is 5.85. The van der Waals surface area contributed by atoms with Crippen LogP contribution in [0, 0.1) is 11.7 Å². The summed E-state index contributed by atoms with van der Waals surface area (Å²) in [7, 11) is 0. The van der Waals surface area contributed by atoms with E-state index in [0.717, 1.165) is 43.3 Å². The van der Waals surface area contributed by atoms with Gasteiger partial charge in [0.25, 0.3) is 0 Å². The Morgan fingerprint density at radius 1 is 1.33 bits per heavy atom. The summed E-state index contributed by atoms with van der Waals surface area (Å²) in [5.74, 6) is 1.32. The van der Waals surface area contributed by atoms with Crippen LogP contribution in [0.25, 0.3) is 0 Å². The number of piperidine rings is 1. The van der Waals surface area contributed by atoms with Crippen LogP contribution in [0.3, 0.4) is 0 Å². The van der Waals surface area contributed by atoms with Crippen LogP contribution in [0.4, 0.5) is 4.39 Å². The van der Waals surface area contributed by atoms with Gasteiger partial charge >= 0.3 is 0 Å². The molecule has 2 rings (SSSR count). The Bertz CT molecular complexity index is 411. The number of rotatable bonds is 7. The molecule has 3 nitrogen and oxygen atoms in total. The predicted molar refractivity (Wildman–Crippen MR) is 86.7 cm³/mol. The topological polar surface area (TPSA) is 33.3 Å². The molecule has 120 valence electrons. The Morgan fingerprint density at radius 2 is 2.10 bits per heavy atom. The van der Waals surface area contributed by atoms with Crippen LogP contribution in [0.5, 0.6) is 5.75 Å². The molecule has 0 atom stereocenters. The second-order valence-electron chi connectivity index (χ2n) is 5.42. The summed E-state index contributed by atoms with van der Waals surface area (Å²) in [4.78, 5) is 0. The Balaban J connectivity index is 0.00000220. The molecule has 1 heterocycles.